The molecule has 0 aliphatic heterocycles. The molecule has 4 heteroatoms. The molecule has 82 valence electrons. The van der Waals surface area contributed by atoms with E-state index in [1.165, 1.54) is 6.92 Å². The molecule has 15 heavy (non-hydrogen) atoms. The lowest BCUT2D eigenvalue weighted by molar-refractivity contribution is -0.0396. The predicted octanol–water partition coefficient (Wildman–Crippen LogP) is -0.0281. The monoisotopic (exact) mass is 210 g/mol. The summed E-state index contributed by atoms with van der Waals surface area (Å²) in [5.74, 6) is -0.594. The first-order valence-electron chi connectivity index (χ1n) is 4.67. The van der Waals surface area contributed by atoms with Gasteiger partial charge in [0.1, 0.15) is 12.2 Å². The molecule has 0 radical (unpaired) electrons. The molecule has 0 saturated carbocycles. The summed E-state index contributed by atoms with van der Waals surface area (Å²) in [4.78, 5) is 11.6. The van der Waals surface area contributed by atoms with Gasteiger partial charge in [-0.2, -0.15) is 0 Å². The first-order chi connectivity index (χ1) is 7.04. The minimum atomic E-state index is -1.59. The lowest BCUT2D eigenvalue weighted by Crippen LogP contribution is -2.40. The standard InChI is InChI=1S/C11H14O4/c1-7(12)9(13)11(15)10(14)8-5-3-2-4-6-8/h2-7,9,11-13,15H,1H3. The zero-order chi connectivity index (χ0) is 11.4. The van der Waals surface area contributed by atoms with E-state index < -0.39 is 24.1 Å². The number of Topliss-reactive ketones (excluding diaryl/α,β-unsaturated/α-hetero) is 1. The lowest BCUT2D eigenvalue weighted by atomic mass is 10.00. The highest BCUT2D eigenvalue weighted by atomic mass is 16.4. The third-order valence-corrected chi connectivity index (χ3v) is 2.14. The van der Waals surface area contributed by atoms with Crippen LogP contribution in [0.2, 0.25) is 0 Å². The molecule has 1 aromatic carbocycles. The van der Waals surface area contributed by atoms with Crippen LogP contribution in [-0.2, 0) is 0 Å². The van der Waals surface area contributed by atoms with Crippen LogP contribution in [0.5, 0.6) is 0 Å². The van der Waals surface area contributed by atoms with Crippen LogP contribution in [-0.4, -0.2) is 39.4 Å². The van der Waals surface area contributed by atoms with Crippen molar-refractivity contribution in [3.05, 3.63) is 35.9 Å². The van der Waals surface area contributed by atoms with Crippen LogP contribution in [0.25, 0.3) is 0 Å². The van der Waals surface area contributed by atoms with Crippen LogP contribution in [0.15, 0.2) is 30.3 Å². The number of hydrogen-bond acceptors (Lipinski definition) is 4. The van der Waals surface area contributed by atoms with Gasteiger partial charge in [-0.15, -0.1) is 0 Å². The van der Waals surface area contributed by atoms with Gasteiger partial charge in [-0.05, 0) is 6.92 Å². The second-order valence-corrected chi connectivity index (χ2v) is 3.41. The molecular weight excluding hydrogens is 196 g/mol. The van der Waals surface area contributed by atoms with Gasteiger partial charge in [0.05, 0.1) is 6.10 Å². The zero-order valence-corrected chi connectivity index (χ0v) is 8.37. The Kier molecular flexibility index (Phi) is 3.96. The normalized spacial score (nSPS) is 16.8. The molecule has 0 bridgehead atoms. The summed E-state index contributed by atoms with van der Waals surface area (Å²) in [6, 6.07) is 8.15. The van der Waals surface area contributed by atoms with E-state index in [1.807, 2.05) is 0 Å². The lowest BCUT2D eigenvalue weighted by Gasteiger charge is -2.18. The SMILES string of the molecule is CC(O)C(O)C(O)C(=O)c1ccccc1. The summed E-state index contributed by atoms with van der Waals surface area (Å²) in [7, 11) is 0. The highest BCUT2D eigenvalue weighted by molar-refractivity contribution is 5.99. The summed E-state index contributed by atoms with van der Waals surface area (Å²) in [6.45, 7) is 1.31. The average molecular weight is 210 g/mol. The molecule has 0 amide bonds. The minimum Gasteiger partial charge on any atom is -0.391 e. The van der Waals surface area contributed by atoms with E-state index in [4.69, 9.17) is 5.11 Å². The Morgan fingerprint density at radius 2 is 1.67 bits per heavy atom. The van der Waals surface area contributed by atoms with E-state index in [9.17, 15) is 15.0 Å². The summed E-state index contributed by atoms with van der Waals surface area (Å²) in [5.41, 5.74) is 0.310. The number of aliphatic hydroxyl groups excluding tert-OH is 3. The molecule has 3 N–H and O–H groups in total. The largest absolute Gasteiger partial charge is 0.391 e. The van der Waals surface area contributed by atoms with Crippen LogP contribution < -0.4 is 0 Å². The maximum absolute atomic E-state index is 11.6. The fraction of sp³-hybridized carbons (Fsp3) is 0.364. The first kappa shape index (κ1) is 11.8. The predicted molar refractivity (Wildman–Crippen MR) is 54.5 cm³/mol. The fourth-order valence-electron chi connectivity index (χ4n) is 1.19. The number of rotatable bonds is 4. The second-order valence-electron chi connectivity index (χ2n) is 3.41. The zero-order valence-electron chi connectivity index (χ0n) is 8.37. The summed E-state index contributed by atoms with van der Waals surface area (Å²) in [6.07, 6.45) is -4.20. The van der Waals surface area contributed by atoms with Gasteiger partial charge in [-0.3, -0.25) is 4.79 Å². The van der Waals surface area contributed by atoms with Crippen LogP contribution in [0, 0.1) is 0 Å². The number of carbonyl (C=O) groups excluding carboxylic acids is 1. The van der Waals surface area contributed by atoms with E-state index in [0.717, 1.165) is 0 Å². The highest BCUT2D eigenvalue weighted by Crippen LogP contribution is 2.08. The van der Waals surface area contributed by atoms with E-state index in [1.54, 1.807) is 30.3 Å². The Labute approximate surface area is 87.8 Å². The molecule has 0 heterocycles. The number of carbonyl (C=O) groups is 1. The molecule has 1 rings (SSSR count). The molecule has 0 aromatic heterocycles. The summed E-state index contributed by atoms with van der Waals surface area (Å²) < 4.78 is 0. The number of aliphatic hydroxyl groups is 3. The Balaban J connectivity index is 2.78. The summed E-state index contributed by atoms with van der Waals surface area (Å²) in [5, 5.41) is 27.8. The Hall–Kier alpha value is -1.23. The smallest absolute Gasteiger partial charge is 0.194 e. The first-order valence-corrected chi connectivity index (χ1v) is 4.67. The third-order valence-electron chi connectivity index (χ3n) is 2.14. The molecule has 0 aliphatic rings. The Morgan fingerprint density at radius 3 is 2.13 bits per heavy atom. The molecule has 0 aliphatic carbocycles. The number of benzene rings is 1. The van der Waals surface area contributed by atoms with Crippen molar-refractivity contribution in [1.82, 2.24) is 0 Å². The van der Waals surface area contributed by atoms with E-state index >= 15 is 0 Å². The molecule has 0 fully saturated rings. The van der Waals surface area contributed by atoms with Crippen molar-refractivity contribution in [3.63, 3.8) is 0 Å². The topological polar surface area (TPSA) is 77.8 Å². The molecule has 3 atom stereocenters. The van der Waals surface area contributed by atoms with Crippen molar-refractivity contribution in [2.24, 2.45) is 0 Å². The van der Waals surface area contributed by atoms with Gasteiger partial charge >= 0.3 is 0 Å². The van der Waals surface area contributed by atoms with Crippen LogP contribution in [0.1, 0.15) is 17.3 Å². The van der Waals surface area contributed by atoms with Gasteiger partial charge < -0.3 is 15.3 Å². The fourth-order valence-corrected chi connectivity index (χ4v) is 1.19. The van der Waals surface area contributed by atoms with E-state index in [-0.39, 0.29) is 0 Å². The van der Waals surface area contributed by atoms with Crippen molar-refractivity contribution in [3.8, 4) is 0 Å². The number of ketones is 1. The minimum absolute atomic E-state index is 0.310. The number of hydrogen-bond donors (Lipinski definition) is 3. The molecule has 0 saturated heterocycles. The van der Waals surface area contributed by atoms with Gasteiger partial charge in [-0.25, -0.2) is 0 Å². The highest BCUT2D eigenvalue weighted by Gasteiger charge is 2.28. The molecule has 1 aromatic rings. The van der Waals surface area contributed by atoms with Crippen LogP contribution in [0.3, 0.4) is 0 Å². The maximum Gasteiger partial charge on any atom is 0.194 e. The van der Waals surface area contributed by atoms with Crippen molar-refractivity contribution >= 4 is 5.78 Å². The van der Waals surface area contributed by atoms with E-state index in [0.29, 0.717) is 5.56 Å². The maximum atomic E-state index is 11.6. The van der Waals surface area contributed by atoms with Crippen molar-refractivity contribution in [2.45, 2.75) is 25.2 Å². The summed E-state index contributed by atoms with van der Waals surface area (Å²) >= 11 is 0. The Bertz CT molecular complexity index is 321. The molecular formula is C11H14O4. The van der Waals surface area contributed by atoms with Gasteiger partial charge in [0, 0.05) is 5.56 Å². The van der Waals surface area contributed by atoms with Crippen LogP contribution >= 0.6 is 0 Å². The quantitative estimate of drug-likeness (QED) is 0.610. The van der Waals surface area contributed by atoms with Crippen molar-refractivity contribution in [2.75, 3.05) is 0 Å². The average Bonchev–Trinajstić information content (AvgIpc) is 2.27. The van der Waals surface area contributed by atoms with Crippen LogP contribution in [0.4, 0.5) is 0 Å². The Morgan fingerprint density at radius 1 is 1.13 bits per heavy atom. The second kappa shape index (κ2) is 5.02. The van der Waals surface area contributed by atoms with Gasteiger partial charge in [0.25, 0.3) is 0 Å². The van der Waals surface area contributed by atoms with Gasteiger partial charge in [0.2, 0.25) is 0 Å². The van der Waals surface area contributed by atoms with Crippen molar-refractivity contribution < 1.29 is 20.1 Å². The van der Waals surface area contributed by atoms with E-state index in [2.05, 4.69) is 0 Å². The van der Waals surface area contributed by atoms with Gasteiger partial charge in [0.15, 0.2) is 5.78 Å². The van der Waals surface area contributed by atoms with Crippen molar-refractivity contribution in [1.29, 1.82) is 0 Å². The molecule has 0 spiro atoms. The molecule has 3 unspecified atom stereocenters. The molecule has 4 nitrogen and oxygen atoms in total. The third kappa shape index (κ3) is 2.86. The van der Waals surface area contributed by atoms with Gasteiger partial charge in [-0.1, -0.05) is 30.3 Å².